The quantitative estimate of drug-likeness (QED) is 0.113. The molecular formula is C25H38O5S6Si. The molecule has 0 unspecified atom stereocenters. The first-order valence-corrected chi connectivity index (χ1v) is 20.5. The van der Waals surface area contributed by atoms with E-state index in [9.17, 15) is 9.59 Å². The monoisotopic (exact) mass is 638 g/mol. The molecule has 208 valence electrons. The molecule has 0 bridgehead atoms. The van der Waals surface area contributed by atoms with Crippen molar-refractivity contribution in [3.05, 3.63) is 26.8 Å². The van der Waals surface area contributed by atoms with E-state index >= 15 is 0 Å². The van der Waals surface area contributed by atoms with Crippen molar-refractivity contribution in [1.29, 1.82) is 0 Å². The Bertz CT molecular complexity index is 872. The number of hydrogen-bond donors (Lipinski definition) is 0. The summed E-state index contributed by atoms with van der Waals surface area (Å²) in [6, 6.07) is 0.911. The summed E-state index contributed by atoms with van der Waals surface area (Å²) in [6.45, 7) is 7.96. The Morgan fingerprint density at radius 1 is 0.703 bits per heavy atom. The van der Waals surface area contributed by atoms with Gasteiger partial charge in [0.2, 0.25) is 0 Å². The highest BCUT2D eigenvalue weighted by Gasteiger charge is 2.39. The van der Waals surface area contributed by atoms with Crippen molar-refractivity contribution in [2.75, 3.05) is 31.8 Å². The van der Waals surface area contributed by atoms with Gasteiger partial charge in [0, 0.05) is 38.7 Å². The molecule has 0 fully saturated rings. The zero-order chi connectivity index (χ0) is 26.7. The lowest BCUT2D eigenvalue weighted by Gasteiger charge is -2.28. The van der Waals surface area contributed by atoms with Crippen LogP contribution in [0.15, 0.2) is 26.8 Å². The first kappa shape index (κ1) is 32.3. The Morgan fingerprint density at radius 3 is 1.73 bits per heavy atom. The standard InChI is InChI=1S/C25H38O5S6Si/c1-5-28-37(29-6-2,30-7-3)17-13-11-9-8-10-12-16-32-23-22(31-4)35-25(36-23)24-33-20-18(26)14-15-19(27)21(20)34-24/h5-17H2,1-4H3. The van der Waals surface area contributed by atoms with Gasteiger partial charge in [0.1, 0.15) is 0 Å². The normalized spacial score (nSPS) is 18.6. The highest BCUT2D eigenvalue weighted by atomic mass is 32.3. The van der Waals surface area contributed by atoms with Crippen molar-refractivity contribution >= 4 is 90.9 Å². The number of carbonyl (C=O) groups is 2. The fourth-order valence-corrected chi connectivity index (χ4v) is 15.2. The number of allylic oxidation sites excluding steroid dienone is 2. The lowest BCUT2D eigenvalue weighted by atomic mass is 10.1. The molecule has 1 aliphatic carbocycles. The summed E-state index contributed by atoms with van der Waals surface area (Å²) in [4.78, 5) is 25.9. The number of carbonyl (C=O) groups excluding carboxylic acids is 2. The van der Waals surface area contributed by atoms with Gasteiger partial charge in [-0.2, -0.15) is 0 Å². The molecule has 0 aromatic heterocycles. The molecule has 5 nitrogen and oxygen atoms in total. The molecule has 3 aliphatic rings. The summed E-state index contributed by atoms with van der Waals surface area (Å²) in [5.41, 5.74) is 0. The third kappa shape index (κ3) is 9.39. The van der Waals surface area contributed by atoms with Crippen LogP contribution in [-0.4, -0.2) is 52.2 Å². The van der Waals surface area contributed by atoms with Gasteiger partial charge in [-0.05, 0) is 45.6 Å². The molecule has 0 aromatic carbocycles. The molecule has 37 heavy (non-hydrogen) atoms. The van der Waals surface area contributed by atoms with Crippen molar-refractivity contribution in [3.8, 4) is 0 Å². The van der Waals surface area contributed by atoms with E-state index < -0.39 is 8.80 Å². The van der Waals surface area contributed by atoms with Crippen LogP contribution in [0, 0.1) is 0 Å². The minimum absolute atomic E-state index is 0.127. The predicted molar refractivity (Wildman–Crippen MR) is 170 cm³/mol. The van der Waals surface area contributed by atoms with Crippen molar-refractivity contribution in [1.82, 2.24) is 0 Å². The van der Waals surface area contributed by atoms with E-state index in [-0.39, 0.29) is 11.6 Å². The second-order valence-electron chi connectivity index (χ2n) is 8.47. The third-order valence-corrected chi connectivity index (χ3v) is 17.6. The zero-order valence-corrected chi connectivity index (χ0v) is 28.1. The maximum Gasteiger partial charge on any atom is 0.500 e. The molecular weight excluding hydrogens is 601 g/mol. The first-order valence-electron chi connectivity index (χ1n) is 13.1. The highest BCUT2D eigenvalue weighted by molar-refractivity contribution is 8.42. The molecule has 3 rings (SSSR count). The Labute approximate surface area is 249 Å². The number of Topliss-reactive ketones (excluding diaryl/α,β-unsaturated/α-hetero) is 2. The molecule has 0 saturated heterocycles. The summed E-state index contributed by atoms with van der Waals surface area (Å²) in [5.74, 6) is 1.38. The average molecular weight is 639 g/mol. The van der Waals surface area contributed by atoms with E-state index in [1.54, 1.807) is 23.5 Å². The third-order valence-electron chi connectivity index (χ3n) is 5.77. The van der Waals surface area contributed by atoms with Crippen LogP contribution in [0.5, 0.6) is 0 Å². The van der Waals surface area contributed by atoms with Crippen LogP contribution in [0.3, 0.4) is 0 Å². The zero-order valence-electron chi connectivity index (χ0n) is 22.2. The molecule has 2 aliphatic heterocycles. The number of ketones is 2. The Hall–Kier alpha value is 0.757. The average Bonchev–Trinajstić information content (AvgIpc) is 3.51. The molecule has 0 atom stereocenters. The highest BCUT2D eigenvalue weighted by Crippen LogP contribution is 2.64. The lowest BCUT2D eigenvalue weighted by Crippen LogP contribution is -2.45. The molecule has 0 radical (unpaired) electrons. The lowest BCUT2D eigenvalue weighted by molar-refractivity contribution is -0.121. The topological polar surface area (TPSA) is 61.8 Å². The number of unbranched alkanes of at least 4 members (excludes halogenated alkanes) is 5. The molecule has 0 saturated carbocycles. The minimum atomic E-state index is -2.49. The maximum absolute atomic E-state index is 12.3. The SMILES string of the molecule is CCO[Si](CCCCCCCCSC1=C(SC)SC(=C2SC3=C(S2)C(=O)CCC3=O)S1)(OCC)OCC. The van der Waals surface area contributed by atoms with E-state index in [0.717, 1.165) is 22.5 Å². The second kappa shape index (κ2) is 16.9. The van der Waals surface area contributed by atoms with Crippen LogP contribution in [0.1, 0.15) is 72.1 Å². The van der Waals surface area contributed by atoms with Gasteiger partial charge >= 0.3 is 8.80 Å². The van der Waals surface area contributed by atoms with Crippen LogP contribution in [0.4, 0.5) is 0 Å². The van der Waals surface area contributed by atoms with Gasteiger partial charge in [0.05, 0.1) is 26.8 Å². The van der Waals surface area contributed by atoms with Crippen LogP contribution in [0.2, 0.25) is 6.04 Å². The minimum Gasteiger partial charge on any atom is -0.374 e. The van der Waals surface area contributed by atoms with Gasteiger partial charge in [-0.3, -0.25) is 9.59 Å². The summed E-state index contributed by atoms with van der Waals surface area (Å²) in [7, 11) is -2.49. The van der Waals surface area contributed by atoms with Gasteiger partial charge in [0.15, 0.2) is 11.6 Å². The van der Waals surface area contributed by atoms with Gasteiger partial charge < -0.3 is 13.3 Å². The van der Waals surface area contributed by atoms with Gasteiger partial charge in [-0.15, -0.1) is 23.5 Å². The molecule has 0 amide bonds. The van der Waals surface area contributed by atoms with Crippen molar-refractivity contribution in [2.45, 2.75) is 78.2 Å². The Balaban J connectivity index is 1.34. The van der Waals surface area contributed by atoms with Crippen molar-refractivity contribution in [3.63, 3.8) is 0 Å². The molecule has 0 aromatic rings. The maximum atomic E-state index is 12.3. The molecule has 2 heterocycles. The number of thioether (sulfide) groups is 6. The van der Waals surface area contributed by atoms with Crippen molar-refractivity contribution < 1.29 is 22.9 Å². The van der Waals surface area contributed by atoms with E-state index in [4.69, 9.17) is 13.3 Å². The van der Waals surface area contributed by atoms with Crippen LogP contribution in [-0.2, 0) is 22.9 Å². The van der Waals surface area contributed by atoms with Crippen molar-refractivity contribution in [2.24, 2.45) is 0 Å². The summed E-state index contributed by atoms with van der Waals surface area (Å²) < 4.78 is 22.9. The Kier molecular flexibility index (Phi) is 14.7. The van der Waals surface area contributed by atoms with E-state index in [1.165, 1.54) is 68.3 Å². The summed E-state index contributed by atoms with van der Waals surface area (Å²) in [6.07, 6.45) is 10.1. The Morgan fingerprint density at radius 2 is 1.19 bits per heavy atom. The van der Waals surface area contributed by atoms with Gasteiger partial charge in [0.25, 0.3) is 0 Å². The first-order chi connectivity index (χ1) is 18.0. The van der Waals surface area contributed by atoms with E-state index in [2.05, 4.69) is 6.26 Å². The van der Waals surface area contributed by atoms with Crippen LogP contribution >= 0.6 is 70.6 Å². The molecule has 0 spiro atoms. The smallest absolute Gasteiger partial charge is 0.374 e. The largest absolute Gasteiger partial charge is 0.500 e. The van der Waals surface area contributed by atoms with Gasteiger partial charge in [-0.25, -0.2) is 0 Å². The number of hydrogen-bond acceptors (Lipinski definition) is 11. The molecule has 12 heteroatoms. The molecule has 0 N–H and O–H groups in total. The van der Waals surface area contributed by atoms with Crippen LogP contribution < -0.4 is 0 Å². The van der Waals surface area contributed by atoms with Crippen LogP contribution in [0.25, 0.3) is 0 Å². The summed E-state index contributed by atoms with van der Waals surface area (Å²) in [5, 5.41) is 0. The number of rotatable bonds is 17. The fourth-order valence-electron chi connectivity index (χ4n) is 4.09. The van der Waals surface area contributed by atoms with Gasteiger partial charge in [-0.1, -0.05) is 72.7 Å². The fraction of sp³-hybridized carbons (Fsp3) is 0.680. The second-order valence-corrected chi connectivity index (χ2v) is 18.2. The predicted octanol–water partition coefficient (Wildman–Crippen LogP) is 8.83. The summed E-state index contributed by atoms with van der Waals surface area (Å²) >= 11 is 10.4. The van der Waals surface area contributed by atoms with E-state index in [1.807, 2.05) is 44.3 Å². The van der Waals surface area contributed by atoms with E-state index in [0.29, 0.717) is 42.5 Å².